The van der Waals surface area contributed by atoms with E-state index in [1.807, 2.05) is 18.4 Å². The van der Waals surface area contributed by atoms with Gasteiger partial charge in [-0.15, -0.1) is 0 Å². The lowest BCUT2D eigenvalue weighted by Gasteiger charge is -2.32. The van der Waals surface area contributed by atoms with Gasteiger partial charge in [-0.25, -0.2) is 4.98 Å². The van der Waals surface area contributed by atoms with E-state index in [4.69, 9.17) is 25.5 Å². The number of halogens is 3. The molecule has 4 rings (SSSR count). The van der Waals surface area contributed by atoms with E-state index in [1.165, 1.54) is 12.0 Å². The molecule has 0 N–H and O–H groups in total. The van der Waals surface area contributed by atoms with E-state index in [0.29, 0.717) is 36.0 Å². The van der Waals surface area contributed by atoms with Crippen LogP contribution in [-0.2, 0) is 8.92 Å². The molecule has 9 heteroatoms. The summed E-state index contributed by atoms with van der Waals surface area (Å²) in [5, 5.41) is 1.45. The molecule has 5 nitrogen and oxygen atoms in total. The maximum absolute atomic E-state index is 13.9. The van der Waals surface area contributed by atoms with Gasteiger partial charge in [-0.1, -0.05) is 11.6 Å². The van der Waals surface area contributed by atoms with Crippen LogP contribution < -0.4 is 0 Å². The van der Waals surface area contributed by atoms with Crippen molar-refractivity contribution < 1.29 is 17.7 Å². The Balaban J connectivity index is 1.88. The third kappa shape index (κ3) is 4.28. The predicted octanol–water partition coefficient (Wildman–Crippen LogP) is 5.67. The molecule has 1 aromatic carbocycles. The fourth-order valence-electron chi connectivity index (χ4n) is 4.19. The Kier molecular flexibility index (Phi) is 7.08. The molecule has 1 saturated heterocycles. The van der Waals surface area contributed by atoms with Crippen LogP contribution in [0.4, 0.5) is 8.78 Å². The van der Waals surface area contributed by atoms with E-state index in [9.17, 15) is 8.78 Å². The zero-order valence-electron chi connectivity index (χ0n) is 16.7. The number of nitrogens with zero attached hydrogens (tertiary/aromatic N) is 3. The summed E-state index contributed by atoms with van der Waals surface area (Å²) in [6.07, 6.45) is 5.06. The first kappa shape index (κ1) is 21.7. The molecule has 162 valence electrons. The number of rotatable bonds is 8. The molecular weight excluding hydrogens is 432 g/mol. The van der Waals surface area contributed by atoms with Crippen molar-refractivity contribution in [3.8, 4) is 0 Å². The molecular formula is C21H24ClF2N3O2S. The van der Waals surface area contributed by atoms with Gasteiger partial charge >= 0.3 is 0 Å². The maximum atomic E-state index is 13.9. The zero-order chi connectivity index (χ0) is 21.1. The van der Waals surface area contributed by atoms with Crippen molar-refractivity contribution in [2.45, 2.75) is 37.3 Å². The molecule has 3 aromatic rings. The number of aromatic nitrogens is 3. The standard InChI is InChI=1S/C21H24ClF2N3O2S/c1-30-29-12-16-9-15(5-7-28-16)27-20-17-8-14(22)2-3-18(17)25-11-19(20)26-21(27)13(10-24)4-6-23/h2-3,8,11,13,15-16H,4-7,9-10,12H2,1H3. The number of imidazole rings is 1. The number of pyridine rings is 1. The topological polar surface area (TPSA) is 49.2 Å². The summed E-state index contributed by atoms with van der Waals surface area (Å²) in [5.41, 5.74) is 2.32. The highest BCUT2D eigenvalue weighted by Crippen LogP contribution is 2.37. The van der Waals surface area contributed by atoms with Crippen molar-refractivity contribution in [3.63, 3.8) is 0 Å². The molecule has 1 aliphatic heterocycles. The van der Waals surface area contributed by atoms with Gasteiger partial charge in [0.1, 0.15) is 11.3 Å². The minimum absolute atomic E-state index is 0.0347. The van der Waals surface area contributed by atoms with E-state index in [-0.39, 0.29) is 18.6 Å². The monoisotopic (exact) mass is 455 g/mol. The van der Waals surface area contributed by atoms with Gasteiger partial charge < -0.3 is 13.5 Å². The second-order valence-corrected chi connectivity index (χ2v) is 8.45. The number of fused-ring (bicyclic) bond motifs is 3. The Labute approximate surface area is 183 Å². The van der Waals surface area contributed by atoms with Crippen LogP contribution in [-0.4, -0.2) is 53.5 Å². The SMILES string of the molecule is CSOCC1CC(n2c(C(CF)CCF)nc3cnc4ccc(Cl)cc4c32)CCO1. The molecule has 2 aromatic heterocycles. The van der Waals surface area contributed by atoms with Gasteiger partial charge in [-0.2, -0.15) is 0 Å². The quantitative estimate of drug-likeness (QED) is 0.410. The average Bonchev–Trinajstić information content (AvgIpc) is 3.16. The molecule has 0 amide bonds. The van der Waals surface area contributed by atoms with Gasteiger partial charge in [0, 0.05) is 35.2 Å². The van der Waals surface area contributed by atoms with Crippen molar-refractivity contribution in [1.82, 2.24) is 14.5 Å². The van der Waals surface area contributed by atoms with E-state index in [2.05, 4.69) is 9.55 Å². The molecule has 0 radical (unpaired) electrons. The molecule has 3 atom stereocenters. The molecule has 3 unspecified atom stereocenters. The van der Waals surface area contributed by atoms with E-state index >= 15 is 0 Å². The van der Waals surface area contributed by atoms with Crippen LogP contribution in [0, 0.1) is 0 Å². The highest BCUT2D eigenvalue weighted by atomic mass is 35.5. The van der Waals surface area contributed by atoms with Gasteiger partial charge in [-0.05, 0) is 49.5 Å². The normalized spacial score (nSPS) is 20.8. The number of ether oxygens (including phenoxy) is 1. The van der Waals surface area contributed by atoms with Gasteiger partial charge in [-0.3, -0.25) is 13.8 Å². The summed E-state index contributed by atoms with van der Waals surface area (Å²) in [6.45, 7) is -0.216. The van der Waals surface area contributed by atoms with Gasteiger partial charge in [0.2, 0.25) is 0 Å². The minimum Gasteiger partial charge on any atom is -0.376 e. The highest BCUT2D eigenvalue weighted by Gasteiger charge is 2.30. The van der Waals surface area contributed by atoms with Crippen LogP contribution in [0.5, 0.6) is 0 Å². The number of alkyl halides is 2. The predicted molar refractivity (Wildman–Crippen MR) is 117 cm³/mol. The summed E-state index contributed by atoms with van der Waals surface area (Å²) >= 11 is 7.58. The zero-order valence-corrected chi connectivity index (χ0v) is 18.3. The minimum atomic E-state index is -0.665. The van der Waals surface area contributed by atoms with Crippen LogP contribution in [0.2, 0.25) is 5.02 Å². The summed E-state index contributed by atoms with van der Waals surface area (Å²) in [6, 6.07) is 5.55. The summed E-state index contributed by atoms with van der Waals surface area (Å²) < 4.78 is 40.5. The molecule has 1 aliphatic rings. The molecule has 3 heterocycles. The molecule has 0 spiro atoms. The molecule has 1 fully saturated rings. The Morgan fingerprint density at radius 3 is 3.00 bits per heavy atom. The fraction of sp³-hybridized carbons (Fsp3) is 0.524. The van der Waals surface area contributed by atoms with Gasteiger partial charge in [0.25, 0.3) is 0 Å². The first-order valence-electron chi connectivity index (χ1n) is 10.0. The second kappa shape index (κ2) is 9.77. The number of hydrogen-bond donors (Lipinski definition) is 0. The molecule has 0 bridgehead atoms. The Morgan fingerprint density at radius 1 is 1.37 bits per heavy atom. The van der Waals surface area contributed by atoms with Crippen LogP contribution in [0.25, 0.3) is 21.9 Å². The van der Waals surface area contributed by atoms with Crippen LogP contribution in [0.1, 0.15) is 37.0 Å². The summed E-state index contributed by atoms with van der Waals surface area (Å²) in [7, 11) is 0. The van der Waals surface area contributed by atoms with Gasteiger partial charge in [0.15, 0.2) is 0 Å². The second-order valence-electron chi connectivity index (χ2n) is 7.44. The first-order chi connectivity index (χ1) is 14.7. The molecule has 0 aliphatic carbocycles. The highest BCUT2D eigenvalue weighted by molar-refractivity contribution is 7.93. The first-order valence-corrected chi connectivity index (χ1v) is 11.5. The third-order valence-electron chi connectivity index (χ3n) is 5.59. The van der Waals surface area contributed by atoms with Crippen LogP contribution >= 0.6 is 23.6 Å². The number of benzene rings is 1. The maximum Gasteiger partial charge on any atom is 0.116 e. The Morgan fingerprint density at radius 2 is 2.23 bits per heavy atom. The van der Waals surface area contributed by atoms with Gasteiger partial charge in [0.05, 0.1) is 43.3 Å². The lowest BCUT2D eigenvalue weighted by Crippen LogP contribution is -2.31. The van der Waals surface area contributed by atoms with E-state index in [1.54, 1.807) is 12.3 Å². The van der Waals surface area contributed by atoms with Crippen LogP contribution in [0.15, 0.2) is 24.4 Å². The Hall–Kier alpha value is -1.48. The summed E-state index contributed by atoms with van der Waals surface area (Å²) in [4.78, 5) is 9.21. The van der Waals surface area contributed by atoms with Crippen molar-refractivity contribution in [2.24, 2.45) is 0 Å². The Bertz CT molecular complexity index is 1020. The van der Waals surface area contributed by atoms with E-state index < -0.39 is 19.3 Å². The largest absolute Gasteiger partial charge is 0.376 e. The molecule has 30 heavy (non-hydrogen) atoms. The van der Waals surface area contributed by atoms with Crippen LogP contribution in [0.3, 0.4) is 0 Å². The van der Waals surface area contributed by atoms with Crippen molar-refractivity contribution in [2.75, 3.05) is 32.8 Å². The van der Waals surface area contributed by atoms with E-state index in [0.717, 1.165) is 22.8 Å². The smallest absolute Gasteiger partial charge is 0.116 e. The summed E-state index contributed by atoms with van der Waals surface area (Å²) in [5.74, 6) is -0.0452. The van der Waals surface area contributed by atoms with Crippen molar-refractivity contribution in [3.05, 3.63) is 35.2 Å². The average molecular weight is 456 g/mol. The number of hydrogen-bond acceptors (Lipinski definition) is 5. The molecule has 0 saturated carbocycles. The van der Waals surface area contributed by atoms with Crippen molar-refractivity contribution >= 4 is 45.6 Å². The lowest BCUT2D eigenvalue weighted by molar-refractivity contribution is -0.0256. The lowest BCUT2D eigenvalue weighted by atomic mass is 10.0. The fourth-order valence-corrected chi connectivity index (χ4v) is 4.65. The van der Waals surface area contributed by atoms with Crippen molar-refractivity contribution in [1.29, 1.82) is 0 Å². The third-order valence-corrected chi connectivity index (χ3v) is 6.20.